The molecule has 8 heteroatoms. The molecule has 5 aromatic rings. The first-order valence-electron chi connectivity index (χ1n) is 10.7. The SMILES string of the molecule is Clc1cc(Nc2ncnc3ccc(OCC4CC4)cc23)ccc1Oc1ccc2scnc2c1. The van der Waals surface area contributed by atoms with E-state index in [0.29, 0.717) is 28.3 Å². The maximum Gasteiger partial charge on any atom is 0.146 e. The maximum atomic E-state index is 6.53. The lowest BCUT2D eigenvalue weighted by molar-refractivity contribution is 0.300. The number of halogens is 1. The lowest BCUT2D eigenvalue weighted by Gasteiger charge is -2.12. The summed E-state index contributed by atoms with van der Waals surface area (Å²) < 4.78 is 13.0. The van der Waals surface area contributed by atoms with E-state index < -0.39 is 0 Å². The van der Waals surface area contributed by atoms with Crippen molar-refractivity contribution in [1.82, 2.24) is 15.0 Å². The van der Waals surface area contributed by atoms with Crippen molar-refractivity contribution in [2.75, 3.05) is 11.9 Å². The van der Waals surface area contributed by atoms with E-state index in [1.165, 1.54) is 12.8 Å². The van der Waals surface area contributed by atoms with Gasteiger partial charge < -0.3 is 14.8 Å². The summed E-state index contributed by atoms with van der Waals surface area (Å²) >= 11 is 8.13. The van der Waals surface area contributed by atoms with Crippen LogP contribution in [0.5, 0.6) is 17.2 Å². The van der Waals surface area contributed by atoms with E-state index in [9.17, 15) is 0 Å². The third kappa shape index (κ3) is 4.42. The molecule has 1 aliphatic rings. The molecule has 6 nitrogen and oxygen atoms in total. The van der Waals surface area contributed by atoms with E-state index in [1.807, 2.05) is 60.1 Å². The topological polar surface area (TPSA) is 69.2 Å². The molecule has 2 heterocycles. The fraction of sp³-hybridized carbons (Fsp3) is 0.160. The number of ether oxygens (including phenoxy) is 2. The minimum absolute atomic E-state index is 0.491. The van der Waals surface area contributed by atoms with Crippen LogP contribution in [0.25, 0.3) is 21.1 Å². The van der Waals surface area contributed by atoms with Gasteiger partial charge in [-0.3, -0.25) is 0 Å². The normalized spacial score (nSPS) is 13.4. The van der Waals surface area contributed by atoms with Crippen molar-refractivity contribution in [3.8, 4) is 17.2 Å². The molecule has 6 rings (SSSR count). The van der Waals surface area contributed by atoms with Gasteiger partial charge in [0.2, 0.25) is 0 Å². The Kier molecular flexibility index (Phi) is 5.20. The second-order valence-electron chi connectivity index (χ2n) is 8.01. The van der Waals surface area contributed by atoms with E-state index in [4.69, 9.17) is 21.1 Å². The van der Waals surface area contributed by atoms with Crippen molar-refractivity contribution in [3.63, 3.8) is 0 Å². The molecule has 1 N–H and O–H groups in total. The first kappa shape index (κ1) is 20.2. The Hall–Kier alpha value is -3.42. The summed E-state index contributed by atoms with van der Waals surface area (Å²) in [5, 5.41) is 4.73. The van der Waals surface area contributed by atoms with Crippen LogP contribution in [0.4, 0.5) is 11.5 Å². The molecule has 3 aromatic carbocycles. The quantitative estimate of drug-likeness (QED) is 0.268. The van der Waals surface area contributed by atoms with Gasteiger partial charge in [-0.1, -0.05) is 11.6 Å². The molecule has 0 spiro atoms. The van der Waals surface area contributed by atoms with Crippen LogP contribution in [0.1, 0.15) is 12.8 Å². The lowest BCUT2D eigenvalue weighted by atomic mass is 10.2. The molecule has 0 bridgehead atoms. The van der Waals surface area contributed by atoms with E-state index in [0.717, 1.165) is 39.2 Å². The molecule has 1 saturated carbocycles. The van der Waals surface area contributed by atoms with Gasteiger partial charge in [0.25, 0.3) is 0 Å². The Morgan fingerprint density at radius 3 is 2.73 bits per heavy atom. The molecular weight excluding hydrogens is 456 g/mol. The number of aromatic nitrogens is 3. The molecule has 33 heavy (non-hydrogen) atoms. The highest BCUT2D eigenvalue weighted by atomic mass is 35.5. The van der Waals surface area contributed by atoms with Gasteiger partial charge >= 0.3 is 0 Å². The molecule has 0 saturated heterocycles. The molecule has 164 valence electrons. The van der Waals surface area contributed by atoms with E-state index in [2.05, 4.69) is 20.3 Å². The summed E-state index contributed by atoms with van der Waals surface area (Å²) in [6, 6.07) is 17.3. The molecule has 0 radical (unpaired) electrons. The van der Waals surface area contributed by atoms with Gasteiger partial charge in [0.15, 0.2) is 0 Å². The average Bonchev–Trinajstić information content (AvgIpc) is 3.55. The van der Waals surface area contributed by atoms with Crippen molar-refractivity contribution in [2.24, 2.45) is 5.92 Å². The van der Waals surface area contributed by atoms with Gasteiger partial charge in [-0.25, -0.2) is 15.0 Å². The smallest absolute Gasteiger partial charge is 0.146 e. The highest BCUT2D eigenvalue weighted by molar-refractivity contribution is 7.16. The zero-order valence-electron chi connectivity index (χ0n) is 17.5. The average molecular weight is 475 g/mol. The van der Waals surface area contributed by atoms with Crippen LogP contribution < -0.4 is 14.8 Å². The molecule has 0 aliphatic heterocycles. The van der Waals surface area contributed by atoms with Crippen LogP contribution in [0.3, 0.4) is 0 Å². The summed E-state index contributed by atoms with van der Waals surface area (Å²) in [4.78, 5) is 13.1. The summed E-state index contributed by atoms with van der Waals surface area (Å²) in [5.41, 5.74) is 4.37. The molecule has 0 amide bonds. The standard InChI is InChI=1S/C25H19ClN4O2S/c26-20-9-16(3-7-23(20)32-18-5-8-24-22(11-18)29-14-33-24)30-25-19-10-17(31-12-15-1-2-15)4-6-21(19)27-13-28-25/h3-11,13-15H,1-2,12H2,(H,27,28,30). The van der Waals surface area contributed by atoms with E-state index in [-0.39, 0.29) is 0 Å². The minimum atomic E-state index is 0.491. The van der Waals surface area contributed by atoms with Crippen molar-refractivity contribution in [3.05, 3.63) is 71.5 Å². The van der Waals surface area contributed by atoms with Gasteiger partial charge in [0.1, 0.15) is 29.4 Å². The van der Waals surface area contributed by atoms with Crippen LogP contribution >= 0.6 is 22.9 Å². The molecule has 0 unspecified atom stereocenters. The van der Waals surface area contributed by atoms with Crippen molar-refractivity contribution in [2.45, 2.75) is 12.8 Å². The number of rotatable bonds is 7. The molecule has 0 atom stereocenters. The first-order chi connectivity index (χ1) is 16.2. The number of anilines is 2. The van der Waals surface area contributed by atoms with Gasteiger partial charge in [0, 0.05) is 17.1 Å². The van der Waals surface area contributed by atoms with Crippen molar-refractivity contribution in [1.29, 1.82) is 0 Å². The van der Waals surface area contributed by atoms with Gasteiger partial charge in [0.05, 0.1) is 32.9 Å². The number of fused-ring (bicyclic) bond motifs is 2. The van der Waals surface area contributed by atoms with Gasteiger partial charge in [-0.05, 0) is 67.3 Å². The van der Waals surface area contributed by atoms with Crippen molar-refractivity contribution < 1.29 is 9.47 Å². The summed E-state index contributed by atoms with van der Waals surface area (Å²) in [5.74, 6) is 3.47. The van der Waals surface area contributed by atoms with Crippen LogP contribution in [0.15, 0.2) is 66.4 Å². The highest BCUT2D eigenvalue weighted by Gasteiger charge is 2.22. The largest absolute Gasteiger partial charge is 0.493 e. The molecular formula is C25H19ClN4O2S. The Labute approximate surface area is 199 Å². The fourth-order valence-electron chi connectivity index (χ4n) is 3.55. The third-order valence-corrected chi connectivity index (χ3v) is 6.62. The number of nitrogens with one attached hydrogen (secondary N) is 1. The predicted octanol–water partition coefficient (Wildman–Crippen LogP) is 7.22. The monoisotopic (exact) mass is 474 g/mol. The van der Waals surface area contributed by atoms with Crippen LogP contribution in [0, 0.1) is 5.92 Å². The number of benzene rings is 3. The van der Waals surface area contributed by atoms with E-state index >= 15 is 0 Å². The number of nitrogens with zero attached hydrogens (tertiary/aromatic N) is 3. The van der Waals surface area contributed by atoms with Crippen LogP contribution in [0.2, 0.25) is 5.02 Å². The van der Waals surface area contributed by atoms with Crippen LogP contribution in [-0.2, 0) is 0 Å². The molecule has 1 aliphatic carbocycles. The Balaban J connectivity index is 1.23. The number of hydrogen-bond acceptors (Lipinski definition) is 7. The van der Waals surface area contributed by atoms with Gasteiger partial charge in [-0.15, -0.1) is 11.3 Å². The van der Waals surface area contributed by atoms with Crippen molar-refractivity contribution >= 4 is 55.6 Å². The first-order valence-corrected chi connectivity index (χ1v) is 11.9. The lowest BCUT2D eigenvalue weighted by Crippen LogP contribution is -2.00. The zero-order valence-corrected chi connectivity index (χ0v) is 19.1. The zero-order chi connectivity index (χ0) is 22.2. The highest BCUT2D eigenvalue weighted by Crippen LogP contribution is 2.35. The second-order valence-corrected chi connectivity index (χ2v) is 9.30. The number of hydrogen-bond donors (Lipinski definition) is 1. The van der Waals surface area contributed by atoms with E-state index in [1.54, 1.807) is 17.7 Å². The maximum absolute atomic E-state index is 6.53. The Morgan fingerprint density at radius 1 is 0.939 bits per heavy atom. The summed E-state index contributed by atoms with van der Waals surface area (Å²) in [7, 11) is 0. The third-order valence-electron chi connectivity index (χ3n) is 5.51. The Bertz CT molecular complexity index is 1470. The van der Waals surface area contributed by atoms with Crippen LogP contribution in [-0.4, -0.2) is 21.6 Å². The summed E-state index contributed by atoms with van der Waals surface area (Å²) in [6.45, 7) is 0.758. The number of thiazole rings is 1. The Morgan fingerprint density at radius 2 is 1.85 bits per heavy atom. The van der Waals surface area contributed by atoms with Gasteiger partial charge in [-0.2, -0.15) is 0 Å². The summed E-state index contributed by atoms with van der Waals surface area (Å²) in [6.07, 6.45) is 4.05. The molecule has 2 aromatic heterocycles. The predicted molar refractivity (Wildman–Crippen MR) is 132 cm³/mol. The fourth-order valence-corrected chi connectivity index (χ4v) is 4.43. The molecule has 1 fully saturated rings. The second kappa shape index (κ2) is 8.50. The minimum Gasteiger partial charge on any atom is -0.493 e.